The number of thiophene rings is 1. The smallest absolute Gasteiger partial charge is 0.254 e. The quantitative estimate of drug-likeness (QED) is 0.798. The summed E-state index contributed by atoms with van der Waals surface area (Å²) in [6.07, 6.45) is 0. The summed E-state index contributed by atoms with van der Waals surface area (Å²) < 4.78 is 1.03. The van der Waals surface area contributed by atoms with E-state index >= 15 is 0 Å². The molecule has 2 aromatic rings. The fourth-order valence-electron chi connectivity index (χ4n) is 1.88. The van der Waals surface area contributed by atoms with E-state index in [2.05, 4.69) is 28.9 Å². The first-order valence-electron chi connectivity index (χ1n) is 6.07. The summed E-state index contributed by atoms with van der Waals surface area (Å²) in [4.78, 5) is 15.4. The number of aryl methyl sites for hydroxylation is 1. The normalized spacial score (nSPS) is 12.2. The maximum atomic E-state index is 12.5. The molecule has 100 valence electrons. The number of rotatable bonds is 3. The first-order chi connectivity index (χ1) is 9.00. The lowest BCUT2D eigenvalue weighted by atomic mass is 10.1. The Hall–Kier alpha value is -1.13. The lowest BCUT2D eigenvalue weighted by molar-refractivity contribution is 0.0745. The van der Waals surface area contributed by atoms with Crippen molar-refractivity contribution in [2.75, 3.05) is 7.05 Å². The van der Waals surface area contributed by atoms with Crippen LogP contribution < -0.4 is 0 Å². The molecule has 0 aliphatic heterocycles. The van der Waals surface area contributed by atoms with Crippen molar-refractivity contribution >= 4 is 33.2 Å². The van der Waals surface area contributed by atoms with Gasteiger partial charge in [-0.15, -0.1) is 11.3 Å². The van der Waals surface area contributed by atoms with Gasteiger partial charge in [0.15, 0.2) is 0 Å². The van der Waals surface area contributed by atoms with Gasteiger partial charge in [0, 0.05) is 22.0 Å². The number of amides is 1. The highest BCUT2D eigenvalue weighted by Gasteiger charge is 2.19. The highest BCUT2D eigenvalue weighted by molar-refractivity contribution is 9.10. The summed E-state index contributed by atoms with van der Waals surface area (Å²) in [6, 6.07) is 9.87. The van der Waals surface area contributed by atoms with Crippen LogP contribution in [0.2, 0.25) is 0 Å². The molecule has 1 atom stereocenters. The van der Waals surface area contributed by atoms with Gasteiger partial charge in [-0.05, 0) is 49.1 Å². The molecule has 0 aliphatic carbocycles. The second-order valence-electron chi connectivity index (χ2n) is 4.57. The molecule has 0 bridgehead atoms. The monoisotopic (exact) mass is 337 g/mol. The van der Waals surface area contributed by atoms with E-state index in [0.29, 0.717) is 0 Å². The molecule has 4 heteroatoms. The molecule has 1 unspecified atom stereocenters. The second kappa shape index (κ2) is 5.88. The molecule has 0 spiro atoms. The van der Waals surface area contributed by atoms with Crippen LogP contribution in [0, 0.1) is 6.92 Å². The van der Waals surface area contributed by atoms with Crippen LogP contribution in [-0.4, -0.2) is 17.9 Å². The zero-order valence-corrected chi connectivity index (χ0v) is 13.6. The summed E-state index contributed by atoms with van der Waals surface area (Å²) >= 11 is 5.13. The van der Waals surface area contributed by atoms with E-state index in [1.54, 1.807) is 16.2 Å². The van der Waals surface area contributed by atoms with Gasteiger partial charge in [0.1, 0.15) is 0 Å². The number of benzene rings is 1. The van der Waals surface area contributed by atoms with E-state index in [1.165, 1.54) is 4.88 Å². The van der Waals surface area contributed by atoms with E-state index in [4.69, 9.17) is 0 Å². The van der Waals surface area contributed by atoms with Crippen molar-refractivity contribution in [1.82, 2.24) is 4.90 Å². The van der Waals surface area contributed by atoms with Crippen LogP contribution in [0.1, 0.15) is 33.8 Å². The molecule has 1 amide bonds. The zero-order chi connectivity index (χ0) is 14.0. The third-order valence-corrected chi connectivity index (χ3v) is 5.19. The maximum Gasteiger partial charge on any atom is 0.254 e. The van der Waals surface area contributed by atoms with Gasteiger partial charge in [-0.2, -0.15) is 0 Å². The van der Waals surface area contributed by atoms with Gasteiger partial charge in [0.2, 0.25) is 0 Å². The van der Waals surface area contributed by atoms with Crippen LogP contribution in [0.3, 0.4) is 0 Å². The Morgan fingerprint density at radius 2 is 2.11 bits per heavy atom. The Bertz CT molecular complexity index is 580. The Kier molecular flexibility index (Phi) is 4.42. The van der Waals surface area contributed by atoms with Crippen LogP contribution >= 0.6 is 27.3 Å². The third-order valence-electron chi connectivity index (χ3n) is 3.26. The molecule has 0 saturated heterocycles. The SMILES string of the molecule is Cc1cc(C(=O)N(C)C(C)c2cccs2)ccc1Br. The zero-order valence-electron chi connectivity index (χ0n) is 11.2. The number of halogens is 1. The molecule has 2 nitrogen and oxygen atoms in total. The van der Waals surface area contributed by atoms with E-state index in [-0.39, 0.29) is 11.9 Å². The lowest BCUT2D eigenvalue weighted by Crippen LogP contribution is -2.29. The van der Waals surface area contributed by atoms with Crippen molar-refractivity contribution in [2.24, 2.45) is 0 Å². The number of carbonyl (C=O) groups is 1. The van der Waals surface area contributed by atoms with Gasteiger partial charge < -0.3 is 4.90 Å². The largest absolute Gasteiger partial charge is 0.334 e. The summed E-state index contributed by atoms with van der Waals surface area (Å²) in [5.74, 6) is 0.0523. The molecule has 0 aliphatic rings. The summed E-state index contributed by atoms with van der Waals surface area (Å²) in [5, 5.41) is 2.04. The average molecular weight is 338 g/mol. The Morgan fingerprint density at radius 3 is 2.68 bits per heavy atom. The van der Waals surface area contributed by atoms with E-state index in [1.807, 2.05) is 43.6 Å². The first kappa shape index (κ1) is 14.3. The number of hydrogen-bond donors (Lipinski definition) is 0. The van der Waals surface area contributed by atoms with Gasteiger partial charge in [-0.1, -0.05) is 22.0 Å². The second-order valence-corrected chi connectivity index (χ2v) is 6.41. The van der Waals surface area contributed by atoms with Crippen molar-refractivity contribution in [3.05, 3.63) is 56.2 Å². The third kappa shape index (κ3) is 3.07. The van der Waals surface area contributed by atoms with Gasteiger partial charge in [-0.3, -0.25) is 4.79 Å². The minimum absolute atomic E-state index is 0.0523. The van der Waals surface area contributed by atoms with Crippen LogP contribution in [0.4, 0.5) is 0 Å². The molecule has 1 heterocycles. The summed E-state index contributed by atoms with van der Waals surface area (Å²) in [7, 11) is 1.85. The van der Waals surface area contributed by atoms with Crippen molar-refractivity contribution in [3.63, 3.8) is 0 Å². The van der Waals surface area contributed by atoms with Crippen molar-refractivity contribution in [1.29, 1.82) is 0 Å². The predicted molar refractivity (Wildman–Crippen MR) is 83.7 cm³/mol. The molecule has 1 aromatic heterocycles. The van der Waals surface area contributed by atoms with Gasteiger partial charge >= 0.3 is 0 Å². The number of hydrogen-bond acceptors (Lipinski definition) is 2. The standard InChI is InChI=1S/C15H16BrNOS/c1-10-9-12(6-7-13(10)16)15(18)17(3)11(2)14-5-4-8-19-14/h4-9,11H,1-3H3. The summed E-state index contributed by atoms with van der Waals surface area (Å²) in [5.41, 5.74) is 1.80. The Morgan fingerprint density at radius 1 is 1.37 bits per heavy atom. The maximum absolute atomic E-state index is 12.5. The molecule has 2 rings (SSSR count). The Balaban J connectivity index is 2.21. The van der Waals surface area contributed by atoms with Crippen molar-refractivity contribution < 1.29 is 4.79 Å². The van der Waals surface area contributed by atoms with Gasteiger partial charge in [-0.25, -0.2) is 0 Å². The fourth-order valence-corrected chi connectivity index (χ4v) is 2.95. The molecule has 0 radical (unpaired) electrons. The molecular formula is C15H16BrNOS. The van der Waals surface area contributed by atoms with Crippen LogP contribution in [-0.2, 0) is 0 Å². The lowest BCUT2D eigenvalue weighted by Gasteiger charge is -2.24. The van der Waals surface area contributed by atoms with Crippen LogP contribution in [0.15, 0.2) is 40.2 Å². The van der Waals surface area contributed by atoms with E-state index in [9.17, 15) is 4.79 Å². The number of carbonyl (C=O) groups excluding carboxylic acids is 1. The Labute approximate surface area is 126 Å². The minimum Gasteiger partial charge on any atom is -0.334 e. The molecular weight excluding hydrogens is 322 g/mol. The fraction of sp³-hybridized carbons (Fsp3) is 0.267. The molecule has 0 saturated carbocycles. The highest BCUT2D eigenvalue weighted by Crippen LogP contribution is 2.25. The van der Waals surface area contributed by atoms with Crippen LogP contribution in [0.25, 0.3) is 0 Å². The van der Waals surface area contributed by atoms with E-state index in [0.717, 1.165) is 15.6 Å². The molecule has 19 heavy (non-hydrogen) atoms. The van der Waals surface area contributed by atoms with Crippen molar-refractivity contribution in [2.45, 2.75) is 19.9 Å². The highest BCUT2D eigenvalue weighted by atomic mass is 79.9. The topological polar surface area (TPSA) is 20.3 Å². The van der Waals surface area contributed by atoms with Gasteiger partial charge in [0.05, 0.1) is 6.04 Å². The van der Waals surface area contributed by atoms with Gasteiger partial charge in [0.25, 0.3) is 5.91 Å². The predicted octanol–water partition coefficient (Wildman–Crippen LogP) is 4.65. The molecule has 0 fully saturated rings. The van der Waals surface area contributed by atoms with E-state index < -0.39 is 0 Å². The molecule has 0 N–H and O–H groups in total. The number of nitrogens with zero attached hydrogens (tertiary/aromatic N) is 1. The minimum atomic E-state index is 0.0523. The first-order valence-corrected chi connectivity index (χ1v) is 7.74. The average Bonchev–Trinajstić information content (AvgIpc) is 2.93. The molecule has 1 aromatic carbocycles. The van der Waals surface area contributed by atoms with Crippen molar-refractivity contribution in [3.8, 4) is 0 Å². The van der Waals surface area contributed by atoms with Crippen LogP contribution in [0.5, 0.6) is 0 Å². The summed E-state index contributed by atoms with van der Waals surface area (Å²) in [6.45, 7) is 4.04.